The van der Waals surface area contributed by atoms with Gasteiger partial charge in [0, 0.05) is 11.9 Å². The van der Waals surface area contributed by atoms with Crippen molar-refractivity contribution >= 4 is 28.7 Å². The molecule has 1 aromatic heterocycles. The molecule has 7 nitrogen and oxygen atoms in total. The van der Waals surface area contributed by atoms with E-state index in [0.717, 1.165) is 10.9 Å². The number of aromatic carboxylic acids is 1. The molecule has 1 aromatic carbocycles. The summed E-state index contributed by atoms with van der Waals surface area (Å²) in [5, 5.41) is 12.7. The molecule has 7 heteroatoms. The van der Waals surface area contributed by atoms with Crippen molar-refractivity contribution in [2.45, 2.75) is 39.2 Å². The van der Waals surface area contributed by atoms with Crippen LogP contribution in [0.3, 0.4) is 0 Å². The fourth-order valence-electron chi connectivity index (χ4n) is 2.44. The zero-order chi connectivity index (χ0) is 18.6. The lowest BCUT2D eigenvalue weighted by atomic mass is 10.0. The van der Waals surface area contributed by atoms with Crippen molar-refractivity contribution in [1.82, 2.24) is 10.3 Å². The molecule has 2 aromatic rings. The summed E-state index contributed by atoms with van der Waals surface area (Å²) in [7, 11) is 0. The quantitative estimate of drug-likeness (QED) is 0.567. The number of benzene rings is 1. The summed E-state index contributed by atoms with van der Waals surface area (Å²) in [6.45, 7) is 5.82. The maximum atomic E-state index is 11.6. The van der Waals surface area contributed by atoms with Crippen LogP contribution in [0.2, 0.25) is 0 Å². The second-order valence-electron chi connectivity index (χ2n) is 6.75. The highest BCUT2D eigenvalue weighted by Crippen LogP contribution is 2.24. The molecule has 1 amide bonds. The van der Waals surface area contributed by atoms with Crippen LogP contribution in [-0.2, 0) is 11.2 Å². The number of carbonyl (C=O) groups is 2. The Morgan fingerprint density at radius 2 is 2.04 bits per heavy atom. The largest absolute Gasteiger partial charge is 0.477 e. The third-order valence-corrected chi connectivity index (χ3v) is 3.47. The number of nitrogens with one attached hydrogen (secondary N) is 1. The summed E-state index contributed by atoms with van der Waals surface area (Å²) < 4.78 is 5.17. The van der Waals surface area contributed by atoms with Crippen molar-refractivity contribution < 1.29 is 19.4 Å². The number of anilines is 1. The summed E-state index contributed by atoms with van der Waals surface area (Å²) in [4.78, 5) is 27.0. The van der Waals surface area contributed by atoms with Gasteiger partial charge in [-0.2, -0.15) is 0 Å². The van der Waals surface area contributed by atoms with Crippen molar-refractivity contribution in [3.63, 3.8) is 0 Å². The Morgan fingerprint density at radius 1 is 1.32 bits per heavy atom. The molecule has 0 fully saturated rings. The van der Waals surface area contributed by atoms with Crippen LogP contribution >= 0.6 is 0 Å². The average Bonchev–Trinajstić information content (AvgIpc) is 2.50. The highest BCUT2D eigenvalue weighted by atomic mass is 16.6. The van der Waals surface area contributed by atoms with E-state index in [2.05, 4.69) is 10.3 Å². The number of nitrogens with zero attached hydrogens (tertiary/aromatic N) is 1. The van der Waals surface area contributed by atoms with Gasteiger partial charge in [0.2, 0.25) is 0 Å². The molecule has 134 valence electrons. The molecule has 0 saturated carbocycles. The summed E-state index contributed by atoms with van der Waals surface area (Å²) in [6, 6.07) is 6.91. The van der Waals surface area contributed by atoms with Gasteiger partial charge in [-0.3, -0.25) is 0 Å². The highest BCUT2D eigenvalue weighted by molar-refractivity contribution is 5.96. The van der Waals surface area contributed by atoms with Crippen LogP contribution in [0.4, 0.5) is 10.5 Å². The van der Waals surface area contributed by atoms with Crippen molar-refractivity contribution in [2.75, 3.05) is 12.3 Å². The number of amides is 1. The number of fused-ring (bicyclic) bond motifs is 1. The fourth-order valence-corrected chi connectivity index (χ4v) is 2.44. The summed E-state index contributed by atoms with van der Waals surface area (Å²) in [5.74, 6) is -1.10. The first-order valence-electron chi connectivity index (χ1n) is 8.05. The van der Waals surface area contributed by atoms with Gasteiger partial charge < -0.3 is 20.9 Å². The first kappa shape index (κ1) is 18.5. The molecule has 0 atom stereocenters. The Hall–Kier alpha value is -2.83. The molecule has 2 rings (SSSR count). The highest BCUT2D eigenvalue weighted by Gasteiger charge is 2.16. The first-order valence-corrected chi connectivity index (χ1v) is 8.05. The number of aromatic nitrogens is 1. The number of alkyl carbamates (subject to hydrolysis) is 1. The van der Waals surface area contributed by atoms with Crippen LogP contribution in [0.25, 0.3) is 10.9 Å². The van der Waals surface area contributed by atoms with Crippen molar-refractivity contribution in [2.24, 2.45) is 0 Å². The molecule has 0 aliphatic rings. The van der Waals surface area contributed by atoms with Crippen molar-refractivity contribution in [3.05, 3.63) is 35.5 Å². The number of hydrogen-bond acceptors (Lipinski definition) is 5. The second-order valence-corrected chi connectivity index (χ2v) is 6.75. The number of nitrogen functional groups attached to an aromatic ring is 1. The summed E-state index contributed by atoms with van der Waals surface area (Å²) in [6.07, 6.45) is 0.743. The topological polar surface area (TPSA) is 115 Å². The third-order valence-electron chi connectivity index (χ3n) is 3.47. The van der Waals surface area contributed by atoms with E-state index in [1.165, 1.54) is 0 Å². The first-order chi connectivity index (χ1) is 11.7. The van der Waals surface area contributed by atoms with Gasteiger partial charge in [-0.1, -0.05) is 12.1 Å². The molecular weight excluding hydrogens is 322 g/mol. The van der Waals surface area contributed by atoms with Gasteiger partial charge in [0.15, 0.2) is 0 Å². The van der Waals surface area contributed by atoms with E-state index in [4.69, 9.17) is 10.5 Å². The van der Waals surface area contributed by atoms with Crippen LogP contribution in [0.5, 0.6) is 0 Å². The number of hydrogen-bond donors (Lipinski definition) is 3. The van der Waals surface area contributed by atoms with E-state index in [1.54, 1.807) is 32.9 Å². The molecule has 1 heterocycles. The van der Waals surface area contributed by atoms with Crippen LogP contribution in [0, 0.1) is 0 Å². The minimum Gasteiger partial charge on any atom is -0.477 e. The Labute approximate surface area is 146 Å². The molecular formula is C18H23N3O4. The van der Waals surface area contributed by atoms with Crippen molar-refractivity contribution in [1.29, 1.82) is 0 Å². The van der Waals surface area contributed by atoms with E-state index >= 15 is 0 Å². The van der Waals surface area contributed by atoms with Gasteiger partial charge in [0.25, 0.3) is 0 Å². The standard InChI is InChI=1S/C18H23N3O4/c1-18(2,3)25-17(24)20-9-5-6-11-10-14(16(22)23)21-15-12(11)7-4-8-13(15)19/h4,7-8,10H,5-6,9,19H2,1-3H3,(H,20,24)(H,22,23). The number of para-hydroxylation sites is 1. The lowest BCUT2D eigenvalue weighted by Crippen LogP contribution is -2.33. The number of ether oxygens (including phenoxy) is 1. The third kappa shape index (κ3) is 5.07. The molecule has 0 unspecified atom stereocenters. The SMILES string of the molecule is CC(C)(C)OC(=O)NCCCc1cc(C(=O)O)nc2c(N)cccc12. The zero-order valence-corrected chi connectivity index (χ0v) is 14.6. The van der Waals surface area contributed by atoms with Gasteiger partial charge in [0.1, 0.15) is 11.3 Å². The van der Waals surface area contributed by atoms with Gasteiger partial charge in [-0.05, 0) is 51.3 Å². The number of nitrogens with two attached hydrogens (primary N) is 1. The maximum Gasteiger partial charge on any atom is 0.407 e. The predicted molar refractivity (Wildman–Crippen MR) is 95.7 cm³/mol. The maximum absolute atomic E-state index is 11.6. The Balaban J connectivity index is 2.09. The predicted octanol–water partition coefficient (Wildman–Crippen LogP) is 2.97. The van der Waals surface area contributed by atoms with Crippen LogP contribution < -0.4 is 11.1 Å². The van der Waals surface area contributed by atoms with E-state index in [0.29, 0.717) is 30.6 Å². The Kier molecular flexibility index (Phi) is 5.46. The van der Waals surface area contributed by atoms with Gasteiger partial charge >= 0.3 is 12.1 Å². The van der Waals surface area contributed by atoms with Crippen LogP contribution in [0.1, 0.15) is 43.2 Å². The number of carboxylic acid groups (broad SMARTS) is 1. The second kappa shape index (κ2) is 7.38. The van der Waals surface area contributed by atoms with E-state index < -0.39 is 17.7 Å². The summed E-state index contributed by atoms with van der Waals surface area (Å²) in [5.41, 5.74) is 7.09. The number of aryl methyl sites for hydroxylation is 1. The van der Waals surface area contributed by atoms with Gasteiger partial charge in [0.05, 0.1) is 11.2 Å². The van der Waals surface area contributed by atoms with E-state index in [1.807, 2.05) is 12.1 Å². The van der Waals surface area contributed by atoms with E-state index in [9.17, 15) is 14.7 Å². The normalized spacial score (nSPS) is 11.3. The molecule has 25 heavy (non-hydrogen) atoms. The number of carbonyl (C=O) groups excluding carboxylic acids is 1. The van der Waals surface area contributed by atoms with Gasteiger partial charge in [-0.15, -0.1) is 0 Å². The molecule has 0 radical (unpaired) electrons. The average molecular weight is 345 g/mol. The monoisotopic (exact) mass is 345 g/mol. The minimum absolute atomic E-state index is 0.0412. The molecule has 4 N–H and O–H groups in total. The lowest BCUT2D eigenvalue weighted by molar-refractivity contribution is 0.0526. The lowest BCUT2D eigenvalue weighted by Gasteiger charge is -2.19. The molecule has 0 spiro atoms. The van der Waals surface area contributed by atoms with Crippen LogP contribution in [0.15, 0.2) is 24.3 Å². The van der Waals surface area contributed by atoms with Crippen LogP contribution in [-0.4, -0.2) is 34.3 Å². The number of pyridine rings is 1. The van der Waals surface area contributed by atoms with E-state index in [-0.39, 0.29) is 5.69 Å². The Bertz CT molecular complexity index is 797. The molecule has 0 saturated heterocycles. The number of carboxylic acids is 1. The molecule has 0 bridgehead atoms. The smallest absolute Gasteiger partial charge is 0.407 e. The summed E-state index contributed by atoms with van der Waals surface area (Å²) >= 11 is 0. The zero-order valence-electron chi connectivity index (χ0n) is 14.6. The number of rotatable bonds is 5. The van der Waals surface area contributed by atoms with Crippen molar-refractivity contribution in [3.8, 4) is 0 Å². The minimum atomic E-state index is -1.10. The molecule has 0 aliphatic carbocycles. The Morgan fingerprint density at radius 3 is 2.68 bits per heavy atom. The van der Waals surface area contributed by atoms with Gasteiger partial charge in [-0.25, -0.2) is 14.6 Å². The molecule has 0 aliphatic heterocycles. The fraction of sp³-hybridized carbons (Fsp3) is 0.389.